The summed E-state index contributed by atoms with van der Waals surface area (Å²) in [5.41, 5.74) is 2.50. The van der Waals surface area contributed by atoms with Crippen LogP contribution in [0.3, 0.4) is 0 Å². The zero-order valence-electron chi connectivity index (χ0n) is 20.6. The Morgan fingerprint density at radius 2 is 1.59 bits per heavy atom. The van der Waals surface area contributed by atoms with Crippen molar-refractivity contribution in [2.45, 2.75) is 19.3 Å². The van der Waals surface area contributed by atoms with Gasteiger partial charge in [-0.2, -0.15) is 0 Å². The molecule has 2 aromatic carbocycles. The number of halogens is 1. The van der Waals surface area contributed by atoms with Gasteiger partial charge in [0.15, 0.2) is 0 Å². The SMILES string of the molecule is Clc1ccc(OCCc2ccccc2)c(CCCN2CCN(c3ccccn3)CC2)c1.O=C(O)C(=O)O. The number of aryl methyl sites for hydroxylation is 1. The molecule has 1 saturated heterocycles. The van der Waals surface area contributed by atoms with Crippen LogP contribution in [0.4, 0.5) is 5.82 Å². The molecule has 0 amide bonds. The number of ether oxygens (including phenoxy) is 1. The lowest BCUT2D eigenvalue weighted by molar-refractivity contribution is -0.159. The second-order valence-electron chi connectivity index (χ2n) is 8.57. The number of aromatic nitrogens is 1. The maximum atomic E-state index is 9.10. The molecular formula is C28H32ClN3O5. The summed E-state index contributed by atoms with van der Waals surface area (Å²) in [5.74, 6) is -1.61. The zero-order valence-corrected chi connectivity index (χ0v) is 21.4. The molecule has 4 rings (SSSR count). The Labute approximate surface area is 222 Å². The van der Waals surface area contributed by atoms with E-state index in [2.05, 4.69) is 57.2 Å². The van der Waals surface area contributed by atoms with Crippen LogP contribution in [0.1, 0.15) is 17.5 Å². The van der Waals surface area contributed by atoms with E-state index in [9.17, 15) is 0 Å². The zero-order chi connectivity index (χ0) is 26.5. The Kier molecular flexibility index (Phi) is 11.2. The molecule has 0 atom stereocenters. The predicted octanol–water partition coefficient (Wildman–Crippen LogP) is 4.27. The van der Waals surface area contributed by atoms with Crippen LogP contribution in [-0.2, 0) is 22.4 Å². The van der Waals surface area contributed by atoms with E-state index in [0.29, 0.717) is 6.61 Å². The van der Waals surface area contributed by atoms with Crippen molar-refractivity contribution in [2.24, 2.45) is 0 Å². The molecule has 0 bridgehead atoms. The number of rotatable bonds is 9. The minimum atomic E-state index is -1.82. The number of aliphatic carboxylic acids is 2. The van der Waals surface area contributed by atoms with Gasteiger partial charge >= 0.3 is 11.9 Å². The Hall–Kier alpha value is -3.62. The second kappa shape index (κ2) is 14.8. The van der Waals surface area contributed by atoms with Crippen molar-refractivity contribution in [3.05, 3.63) is 89.1 Å². The third kappa shape index (κ3) is 9.74. The molecule has 2 N–H and O–H groups in total. The molecule has 1 aliphatic heterocycles. The van der Waals surface area contributed by atoms with Gasteiger partial charge in [0.2, 0.25) is 0 Å². The molecule has 9 heteroatoms. The van der Waals surface area contributed by atoms with E-state index in [1.54, 1.807) is 0 Å². The van der Waals surface area contributed by atoms with Gasteiger partial charge in [-0.25, -0.2) is 14.6 Å². The molecule has 1 aliphatic rings. The Bertz CT molecular complexity index is 1110. The summed E-state index contributed by atoms with van der Waals surface area (Å²) in [6.45, 7) is 5.98. The van der Waals surface area contributed by atoms with Crippen LogP contribution in [0.5, 0.6) is 5.75 Å². The third-order valence-electron chi connectivity index (χ3n) is 5.96. The summed E-state index contributed by atoms with van der Waals surface area (Å²) in [5, 5.41) is 15.6. The number of carboxylic acids is 2. The van der Waals surface area contributed by atoms with Crippen molar-refractivity contribution in [1.29, 1.82) is 0 Å². The second-order valence-corrected chi connectivity index (χ2v) is 9.00. The van der Waals surface area contributed by atoms with Gasteiger partial charge in [0, 0.05) is 43.8 Å². The maximum Gasteiger partial charge on any atom is 0.414 e. The van der Waals surface area contributed by atoms with Crippen molar-refractivity contribution in [3.8, 4) is 5.75 Å². The fourth-order valence-electron chi connectivity index (χ4n) is 4.04. The largest absolute Gasteiger partial charge is 0.493 e. The normalized spacial score (nSPS) is 13.4. The molecule has 3 aromatic rings. The molecular weight excluding hydrogens is 494 g/mol. The number of carbonyl (C=O) groups is 2. The average Bonchev–Trinajstić information content (AvgIpc) is 2.92. The Balaban J connectivity index is 0.000000568. The molecule has 0 spiro atoms. The lowest BCUT2D eigenvalue weighted by Gasteiger charge is -2.35. The summed E-state index contributed by atoms with van der Waals surface area (Å²) in [4.78, 5) is 27.6. The van der Waals surface area contributed by atoms with Gasteiger partial charge in [-0.1, -0.05) is 48.0 Å². The Morgan fingerprint density at radius 1 is 0.892 bits per heavy atom. The summed E-state index contributed by atoms with van der Waals surface area (Å²) >= 11 is 6.27. The van der Waals surface area contributed by atoms with E-state index in [1.165, 1.54) is 11.1 Å². The number of benzene rings is 2. The summed E-state index contributed by atoms with van der Waals surface area (Å²) in [6, 6.07) is 22.5. The summed E-state index contributed by atoms with van der Waals surface area (Å²) in [7, 11) is 0. The minimum absolute atomic E-state index is 0.675. The average molecular weight is 526 g/mol. The lowest BCUT2D eigenvalue weighted by Crippen LogP contribution is -2.46. The number of carboxylic acid groups (broad SMARTS) is 2. The van der Waals surface area contributed by atoms with Crippen LogP contribution in [0.15, 0.2) is 72.9 Å². The van der Waals surface area contributed by atoms with Gasteiger partial charge < -0.3 is 19.8 Å². The van der Waals surface area contributed by atoms with E-state index in [-0.39, 0.29) is 0 Å². The highest BCUT2D eigenvalue weighted by atomic mass is 35.5. The third-order valence-corrected chi connectivity index (χ3v) is 6.20. The highest BCUT2D eigenvalue weighted by Gasteiger charge is 2.17. The fourth-order valence-corrected chi connectivity index (χ4v) is 4.24. The van der Waals surface area contributed by atoms with Crippen LogP contribution in [0, 0.1) is 0 Å². The van der Waals surface area contributed by atoms with E-state index >= 15 is 0 Å². The Morgan fingerprint density at radius 3 is 2.24 bits per heavy atom. The van der Waals surface area contributed by atoms with Crippen LogP contribution < -0.4 is 9.64 Å². The topological polar surface area (TPSA) is 103 Å². The first-order valence-electron chi connectivity index (χ1n) is 12.2. The predicted molar refractivity (Wildman–Crippen MR) is 144 cm³/mol. The molecule has 0 saturated carbocycles. The molecule has 0 aliphatic carbocycles. The number of piperazine rings is 1. The van der Waals surface area contributed by atoms with Gasteiger partial charge in [0.05, 0.1) is 6.61 Å². The highest BCUT2D eigenvalue weighted by molar-refractivity contribution is 6.30. The van der Waals surface area contributed by atoms with Crippen molar-refractivity contribution < 1.29 is 24.5 Å². The van der Waals surface area contributed by atoms with Crippen LogP contribution >= 0.6 is 11.6 Å². The van der Waals surface area contributed by atoms with E-state index in [1.807, 2.05) is 30.5 Å². The van der Waals surface area contributed by atoms with Gasteiger partial charge in [-0.15, -0.1) is 0 Å². The first-order valence-corrected chi connectivity index (χ1v) is 12.6. The molecule has 196 valence electrons. The first kappa shape index (κ1) is 28.0. The van der Waals surface area contributed by atoms with Gasteiger partial charge in [-0.05, 0) is 60.8 Å². The molecule has 8 nitrogen and oxygen atoms in total. The molecule has 1 aromatic heterocycles. The standard InChI is InChI=1S/C26H30ClN3O.C2H2O4/c27-24-11-12-25(31-20-13-22-7-2-1-3-8-22)23(21-24)9-6-15-29-16-18-30(19-17-29)26-10-4-5-14-28-26;3-1(4)2(5)6/h1-5,7-8,10-12,14,21H,6,9,13,15-20H2;(H,3,4)(H,5,6). The number of hydrogen-bond donors (Lipinski definition) is 2. The van der Waals surface area contributed by atoms with Crippen molar-refractivity contribution in [2.75, 3.05) is 44.2 Å². The van der Waals surface area contributed by atoms with Gasteiger partial charge in [-0.3, -0.25) is 4.90 Å². The minimum Gasteiger partial charge on any atom is -0.493 e. The number of nitrogens with zero attached hydrogens (tertiary/aromatic N) is 3. The highest BCUT2D eigenvalue weighted by Crippen LogP contribution is 2.25. The van der Waals surface area contributed by atoms with Crippen LogP contribution in [0.25, 0.3) is 0 Å². The van der Waals surface area contributed by atoms with Crippen molar-refractivity contribution >= 4 is 29.4 Å². The van der Waals surface area contributed by atoms with Crippen molar-refractivity contribution in [3.63, 3.8) is 0 Å². The van der Waals surface area contributed by atoms with Crippen LogP contribution in [0.2, 0.25) is 5.02 Å². The molecule has 2 heterocycles. The number of pyridine rings is 1. The molecule has 0 radical (unpaired) electrons. The van der Waals surface area contributed by atoms with Crippen LogP contribution in [-0.4, -0.2) is 71.4 Å². The number of anilines is 1. The van der Waals surface area contributed by atoms with Gasteiger partial charge in [0.1, 0.15) is 11.6 Å². The smallest absolute Gasteiger partial charge is 0.414 e. The molecule has 1 fully saturated rings. The van der Waals surface area contributed by atoms with E-state index < -0.39 is 11.9 Å². The maximum absolute atomic E-state index is 9.10. The molecule has 0 unspecified atom stereocenters. The fraction of sp³-hybridized carbons (Fsp3) is 0.321. The van der Waals surface area contributed by atoms with Crippen molar-refractivity contribution in [1.82, 2.24) is 9.88 Å². The summed E-state index contributed by atoms with van der Waals surface area (Å²) in [6.07, 6.45) is 4.84. The summed E-state index contributed by atoms with van der Waals surface area (Å²) < 4.78 is 6.12. The molecule has 37 heavy (non-hydrogen) atoms. The van der Waals surface area contributed by atoms with E-state index in [0.717, 1.165) is 68.6 Å². The lowest BCUT2D eigenvalue weighted by atomic mass is 10.1. The van der Waals surface area contributed by atoms with E-state index in [4.69, 9.17) is 36.1 Å². The first-order chi connectivity index (χ1) is 17.9. The van der Waals surface area contributed by atoms with Gasteiger partial charge in [0.25, 0.3) is 0 Å². The monoisotopic (exact) mass is 525 g/mol. The number of hydrogen-bond acceptors (Lipinski definition) is 6. The quantitative estimate of drug-likeness (QED) is 0.399.